The highest BCUT2D eigenvalue weighted by molar-refractivity contribution is 5.67. The predicted molar refractivity (Wildman–Crippen MR) is 91.5 cm³/mol. The molecule has 0 aliphatic carbocycles. The lowest BCUT2D eigenvalue weighted by atomic mass is 10.1. The van der Waals surface area contributed by atoms with E-state index in [0.717, 1.165) is 34.0 Å². The normalized spacial score (nSPS) is 11.1. The molecule has 4 aromatic rings. The highest BCUT2D eigenvalue weighted by Gasteiger charge is 2.12. The molecule has 2 aromatic heterocycles. The van der Waals surface area contributed by atoms with E-state index in [9.17, 15) is 4.39 Å². The van der Waals surface area contributed by atoms with Gasteiger partial charge < -0.3 is 9.30 Å². The first-order valence-electron chi connectivity index (χ1n) is 7.60. The van der Waals surface area contributed by atoms with Crippen LogP contribution in [0.3, 0.4) is 0 Å². The van der Waals surface area contributed by atoms with Crippen molar-refractivity contribution in [3.63, 3.8) is 0 Å². The molecule has 0 unspecified atom stereocenters. The Labute approximate surface area is 138 Å². The van der Waals surface area contributed by atoms with E-state index in [0.29, 0.717) is 0 Å². The lowest BCUT2D eigenvalue weighted by Crippen LogP contribution is -1.93. The Balaban J connectivity index is 1.79. The smallest absolute Gasteiger partial charge is 0.214 e. The van der Waals surface area contributed by atoms with Crippen molar-refractivity contribution in [2.24, 2.45) is 7.05 Å². The maximum Gasteiger partial charge on any atom is 0.214 e. The zero-order valence-electron chi connectivity index (χ0n) is 13.4. The fraction of sp³-hybridized carbons (Fsp3) is 0.105. The van der Waals surface area contributed by atoms with E-state index in [2.05, 4.69) is 0 Å². The highest BCUT2D eigenvalue weighted by Crippen LogP contribution is 2.27. The van der Waals surface area contributed by atoms with Gasteiger partial charge in [-0.25, -0.2) is 9.37 Å². The number of hydrogen-bond donors (Lipinski definition) is 0. The summed E-state index contributed by atoms with van der Waals surface area (Å²) in [6, 6.07) is 14.3. The van der Waals surface area contributed by atoms with Crippen LogP contribution in [0, 0.1) is 5.82 Å². The second kappa shape index (κ2) is 5.53. The summed E-state index contributed by atoms with van der Waals surface area (Å²) in [4.78, 5) is 4.72. The standard InChI is InChI=1S/C19H16FN3O/c1-22-18(13-6-8-15(20)9-7-13)12-23-11-17(21-19(22)23)14-4-3-5-16(10-14)24-2/h3-12H,1-2H3. The summed E-state index contributed by atoms with van der Waals surface area (Å²) in [5, 5.41) is 0. The van der Waals surface area contributed by atoms with E-state index in [4.69, 9.17) is 9.72 Å². The van der Waals surface area contributed by atoms with Crippen LogP contribution in [-0.4, -0.2) is 21.1 Å². The monoisotopic (exact) mass is 321 g/mol. The second-order valence-corrected chi connectivity index (χ2v) is 5.65. The number of ether oxygens (including phenoxy) is 1. The van der Waals surface area contributed by atoms with Crippen LogP contribution in [0.15, 0.2) is 60.9 Å². The SMILES string of the molecule is COc1cccc(-c2cn3cc(-c4ccc(F)cc4)n(C)c3n2)c1. The van der Waals surface area contributed by atoms with Gasteiger partial charge in [0.1, 0.15) is 11.6 Å². The summed E-state index contributed by atoms with van der Waals surface area (Å²) in [5.41, 5.74) is 3.81. The van der Waals surface area contributed by atoms with Gasteiger partial charge in [-0.1, -0.05) is 12.1 Å². The fourth-order valence-electron chi connectivity index (χ4n) is 2.86. The second-order valence-electron chi connectivity index (χ2n) is 5.65. The van der Waals surface area contributed by atoms with Crippen LogP contribution < -0.4 is 4.74 Å². The van der Waals surface area contributed by atoms with Crippen LogP contribution in [0.4, 0.5) is 4.39 Å². The minimum Gasteiger partial charge on any atom is -0.497 e. The minimum absolute atomic E-state index is 0.238. The zero-order valence-corrected chi connectivity index (χ0v) is 13.4. The van der Waals surface area contributed by atoms with E-state index in [1.807, 2.05) is 52.7 Å². The quantitative estimate of drug-likeness (QED) is 0.567. The van der Waals surface area contributed by atoms with Crippen molar-refractivity contribution in [3.05, 3.63) is 66.7 Å². The number of hydrogen-bond acceptors (Lipinski definition) is 2. The molecule has 0 aliphatic heterocycles. The molecule has 0 atom stereocenters. The molecule has 4 nitrogen and oxygen atoms in total. The number of aromatic nitrogens is 3. The van der Waals surface area contributed by atoms with Gasteiger partial charge in [0.2, 0.25) is 5.78 Å². The Bertz CT molecular complexity index is 1010. The predicted octanol–water partition coefficient (Wildman–Crippen LogP) is 4.15. The van der Waals surface area contributed by atoms with Gasteiger partial charge in [-0.2, -0.15) is 0 Å². The van der Waals surface area contributed by atoms with E-state index in [1.54, 1.807) is 19.2 Å². The zero-order chi connectivity index (χ0) is 16.7. The van der Waals surface area contributed by atoms with E-state index >= 15 is 0 Å². The minimum atomic E-state index is -0.238. The average Bonchev–Trinajstić information content (AvgIpc) is 3.16. The molecular weight excluding hydrogens is 305 g/mol. The molecule has 4 rings (SSSR count). The first kappa shape index (κ1) is 14.5. The van der Waals surface area contributed by atoms with Crippen molar-refractivity contribution in [1.82, 2.24) is 14.0 Å². The van der Waals surface area contributed by atoms with Crippen molar-refractivity contribution in [2.75, 3.05) is 7.11 Å². The van der Waals surface area contributed by atoms with Crippen LogP contribution in [0.1, 0.15) is 0 Å². The number of benzene rings is 2. The molecule has 0 fully saturated rings. The van der Waals surface area contributed by atoms with Crippen LogP contribution in [-0.2, 0) is 7.05 Å². The molecular formula is C19H16FN3O. The largest absolute Gasteiger partial charge is 0.497 e. The fourth-order valence-corrected chi connectivity index (χ4v) is 2.86. The Morgan fingerprint density at radius 1 is 1.00 bits per heavy atom. The van der Waals surface area contributed by atoms with Gasteiger partial charge in [-0.05, 0) is 42.0 Å². The summed E-state index contributed by atoms with van der Waals surface area (Å²) in [5.74, 6) is 1.39. The van der Waals surface area contributed by atoms with Crippen molar-refractivity contribution in [1.29, 1.82) is 0 Å². The molecule has 2 aromatic carbocycles. The molecule has 120 valence electrons. The third kappa shape index (κ3) is 2.34. The van der Waals surface area contributed by atoms with Gasteiger partial charge in [0.25, 0.3) is 0 Å². The highest BCUT2D eigenvalue weighted by atomic mass is 19.1. The van der Waals surface area contributed by atoms with Gasteiger partial charge >= 0.3 is 0 Å². The van der Waals surface area contributed by atoms with Crippen LogP contribution >= 0.6 is 0 Å². The molecule has 0 N–H and O–H groups in total. The number of rotatable bonds is 3. The Morgan fingerprint density at radius 3 is 2.50 bits per heavy atom. The Kier molecular flexibility index (Phi) is 3.34. The molecule has 2 heterocycles. The Morgan fingerprint density at radius 2 is 1.79 bits per heavy atom. The van der Waals surface area contributed by atoms with Crippen molar-refractivity contribution < 1.29 is 9.13 Å². The van der Waals surface area contributed by atoms with Crippen molar-refractivity contribution in [2.45, 2.75) is 0 Å². The van der Waals surface area contributed by atoms with Gasteiger partial charge in [0.15, 0.2) is 0 Å². The van der Waals surface area contributed by atoms with E-state index in [1.165, 1.54) is 12.1 Å². The summed E-state index contributed by atoms with van der Waals surface area (Å²) in [7, 11) is 3.61. The third-order valence-electron chi connectivity index (χ3n) is 4.14. The van der Waals surface area contributed by atoms with Gasteiger partial charge in [0.05, 0.1) is 18.5 Å². The number of fused-ring (bicyclic) bond motifs is 1. The van der Waals surface area contributed by atoms with Crippen LogP contribution in [0.25, 0.3) is 28.3 Å². The lowest BCUT2D eigenvalue weighted by Gasteiger charge is -2.03. The maximum atomic E-state index is 13.1. The molecule has 24 heavy (non-hydrogen) atoms. The van der Waals surface area contributed by atoms with Crippen molar-refractivity contribution in [3.8, 4) is 28.3 Å². The molecule has 0 aliphatic rings. The molecule has 0 radical (unpaired) electrons. The summed E-state index contributed by atoms with van der Waals surface area (Å²) in [6.07, 6.45) is 3.98. The molecule has 0 spiro atoms. The number of nitrogens with zero attached hydrogens (tertiary/aromatic N) is 3. The lowest BCUT2D eigenvalue weighted by molar-refractivity contribution is 0.415. The topological polar surface area (TPSA) is 31.5 Å². The van der Waals surface area contributed by atoms with Gasteiger partial charge in [0, 0.05) is 25.0 Å². The molecule has 5 heteroatoms. The number of aryl methyl sites for hydroxylation is 1. The third-order valence-corrected chi connectivity index (χ3v) is 4.14. The maximum absolute atomic E-state index is 13.1. The molecule has 0 bridgehead atoms. The first-order chi connectivity index (χ1) is 11.7. The van der Waals surface area contributed by atoms with Gasteiger partial charge in [-0.15, -0.1) is 0 Å². The van der Waals surface area contributed by atoms with Crippen molar-refractivity contribution >= 4 is 5.78 Å². The number of imidazole rings is 2. The Hall–Kier alpha value is -3.08. The molecule has 0 saturated heterocycles. The summed E-state index contributed by atoms with van der Waals surface area (Å²) >= 11 is 0. The van der Waals surface area contributed by atoms with Crippen LogP contribution in [0.2, 0.25) is 0 Å². The average molecular weight is 321 g/mol. The molecule has 0 amide bonds. The van der Waals surface area contributed by atoms with E-state index < -0.39 is 0 Å². The molecule has 0 saturated carbocycles. The first-order valence-corrected chi connectivity index (χ1v) is 7.60. The summed E-state index contributed by atoms with van der Waals surface area (Å²) in [6.45, 7) is 0. The number of methoxy groups -OCH3 is 1. The number of halogens is 1. The van der Waals surface area contributed by atoms with Gasteiger partial charge in [-0.3, -0.25) is 4.40 Å². The van der Waals surface area contributed by atoms with E-state index in [-0.39, 0.29) is 5.82 Å². The summed E-state index contributed by atoms with van der Waals surface area (Å²) < 4.78 is 22.4. The van der Waals surface area contributed by atoms with Crippen LogP contribution in [0.5, 0.6) is 5.75 Å².